The van der Waals surface area contributed by atoms with Crippen LogP contribution in [0.15, 0.2) is 65.5 Å². The second-order valence-corrected chi connectivity index (χ2v) is 8.24. The van der Waals surface area contributed by atoms with Crippen molar-refractivity contribution in [2.24, 2.45) is 0 Å². The molecule has 0 aliphatic carbocycles. The number of esters is 1. The SMILES string of the molecule is COC(=O)Cn1c(OC(C)(C)C)nc2c(c(-c3ccccc3)nn2-c2ccccc2)c1=O. The van der Waals surface area contributed by atoms with E-state index in [1.165, 1.54) is 11.7 Å². The highest BCUT2D eigenvalue weighted by Crippen LogP contribution is 2.28. The van der Waals surface area contributed by atoms with Crippen LogP contribution in [0.3, 0.4) is 0 Å². The van der Waals surface area contributed by atoms with Gasteiger partial charge in [0.05, 0.1) is 12.8 Å². The molecule has 4 rings (SSSR count). The normalized spacial score (nSPS) is 11.5. The highest BCUT2D eigenvalue weighted by atomic mass is 16.5. The first-order chi connectivity index (χ1) is 15.3. The van der Waals surface area contributed by atoms with Gasteiger partial charge in [-0.3, -0.25) is 14.2 Å². The molecule has 4 aromatic rings. The number of carbonyl (C=O) groups excluding carboxylic acids is 1. The maximum Gasteiger partial charge on any atom is 0.325 e. The number of para-hydroxylation sites is 1. The summed E-state index contributed by atoms with van der Waals surface area (Å²) in [7, 11) is 1.27. The molecule has 0 N–H and O–H groups in total. The van der Waals surface area contributed by atoms with Crippen molar-refractivity contribution in [2.45, 2.75) is 32.9 Å². The van der Waals surface area contributed by atoms with Crippen LogP contribution < -0.4 is 10.3 Å². The van der Waals surface area contributed by atoms with Crippen molar-refractivity contribution in [3.05, 3.63) is 71.0 Å². The summed E-state index contributed by atoms with van der Waals surface area (Å²) in [6.45, 7) is 5.20. The fourth-order valence-corrected chi connectivity index (χ4v) is 3.31. The number of carbonyl (C=O) groups is 1. The maximum absolute atomic E-state index is 13.7. The van der Waals surface area contributed by atoms with Crippen LogP contribution in [0.1, 0.15) is 20.8 Å². The second kappa shape index (κ2) is 8.30. The van der Waals surface area contributed by atoms with E-state index in [2.05, 4.69) is 4.98 Å². The lowest BCUT2D eigenvalue weighted by Gasteiger charge is -2.22. The summed E-state index contributed by atoms with van der Waals surface area (Å²) in [5.74, 6) is -0.580. The highest BCUT2D eigenvalue weighted by Gasteiger charge is 2.26. The van der Waals surface area contributed by atoms with Crippen LogP contribution in [-0.4, -0.2) is 38.0 Å². The van der Waals surface area contributed by atoms with E-state index in [4.69, 9.17) is 14.6 Å². The maximum atomic E-state index is 13.7. The Morgan fingerprint density at radius 1 is 1.00 bits per heavy atom. The van der Waals surface area contributed by atoms with Crippen LogP contribution in [-0.2, 0) is 16.1 Å². The molecule has 32 heavy (non-hydrogen) atoms. The second-order valence-electron chi connectivity index (χ2n) is 8.24. The van der Waals surface area contributed by atoms with E-state index in [1.807, 2.05) is 81.4 Å². The van der Waals surface area contributed by atoms with Crippen LogP contribution in [0.5, 0.6) is 6.01 Å². The summed E-state index contributed by atoms with van der Waals surface area (Å²) in [6.07, 6.45) is 0. The molecule has 0 saturated carbocycles. The van der Waals surface area contributed by atoms with E-state index in [9.17, 15) is 9.59 Å². The van der Waals surface area contributed by atoms with E-state index in [1.54, 1.807) is 4.68 Å². The molecule has 0 aliphatic heterocycles. The van der Waals surface area contributed by atoms with Gasteiger partial charge in [-0.1, -0.05) is 48.5 Å². The van der Waals surface area contributed by atoms with Gasteiger partial charge in [-0.2, -0.15) is 10.1 Å². The highest BCUT2D eigenvalue weighted by molar-refractivity contribution is 5.91. The van der Waals surface area contributed by atoms with Gasteiger partial charge in [0, 0.05) is 5.56 Å². The lowest BCUT2D eigenvalue weighted by Crippen LogP contribution is -2.32. The van der Waals surface area contributed by atoms with Gasteiger partial charge >= 0.3 is 12.0 Å². The van der Waals surface area contributed by atoms with E-state index >= 15 is 0 Å². The standard InChI is InChI=1S/C24H24N4O4/c1-24(2,3)32-23-25-21-19(22(30)27(23)15-18(29)31-4)20(16-11-7-5-8-12-16)26-28(21)17-13-9-6-10-14-17/h5-14H,15H2,1-4H3. The molecule has 8 heteroatoms. The van der Waals surface area contributed by atoms with Gasteiger partial charge < -0.3 is 9.47 Å². The lowest BCUT2D eigenvalue weighted by molar-refractivity contribution is -0.141. The largest absolute Gasteiger partial charge is 0.468 e. The van der Waals surface area contributed by atoms with Gasteiger partial charge in [-0.25, -0.2) is 4.68 Å². The van der Waals surface area contributed by atoms with Gasteiger partial charge in [0.25, 0.3) is 5.56 Å². The molecular formula is C24H24N4O4. The number of ether oxygens (including phenoxy) is 2. The van der Waals surface area contributed by atoms with Crippen LogP contribution in [0, 0.1) is 0 Å². The zero-order valence-corrected chi connectivity index (χ0v) is 18.4. The van der Waals surface area contributed by atoms with Crippen molar-refractivity contribution in [3.63, 3.8) is 0 Å². The van der Waals surface area contributed by atoms with Crippen LogP contribution in [0.25, 0.3) is 28.0 Å². The van der Waals surface area contributed by atoms with Gasteiger partial charge in [0.15, 0.2) is 5.65 Å². The van der Waals surface area contributed by atoms with Crippen molar-refractivity contribution in [2.75, 3.05) is 7.11 Å². The number of rotatable bonds is 5. The zero-order chi connectivity index (χ0) is 22.9. The third kappa shape index (κ3) is 4.12. The third-order valence-electron chi connectivity index (χ3n) is 4.71. The Balaban J connectivity index is 2.08. The van der Waals surface area contributed by atoms with E-state index in [0.717, 1.165) is 11.3 Å². The van der Waals surface area contributed by atoms with Crippen molar-refractivity contribution >= 4 is 17.0 Å². The Bertz CT molecular complexity index is 1320. The van der Waals surface area contributed by atoms with Gasteiger partial charge in [0.1, 0.15) is 23.2 Å². The van der Waals surface area contributed by atoms with Crippen LogP contribution in [0.2, 0.25) is 0 Å². The summed E-state index contributed by atoms with van der Waals surface area (Å²) in [4.78, 5) is 30.5. The fourth-order valence-electron chi connectivity index (χ4n) is 3.31. The Morgan fingerprint density at radius 3 is 2.22 bits per heavy atom. The number of hydrogen-bond acceptors (Lipinski definition) is 6. The molecule has 0 radical (unpaired) electrons. The molecule has 0 unspecified atom stereocenters. The average Bonchev–Trinajstić information content (AvgIpc) is 3.16. The average molecular weight is 432 g/mol. The molecule has 0 aliphatic rings. The fraction of sp³-hybridized carbons (Fsp3) is 0.250. The van der Waals surface area contributed by atoms with Crippen molar-refractivity contribution in [1.29, 1.82) is 0 Å². The molecule has 2 aromatic carbocycles. The number of hydrogen-bond donors (Lipinski definition) is 0. The van der Waals surface area contributed by atoms with Gasteiger partial charge in [-0.15, -0.1) is 0 Å². The van der Waals surface area contributed by atoms with Crippen LogP contribution >= 0.6 is 0 Å². The molecular weight excluding hydrogens is 408 g/mol. The number of methoxy groups -OCH3 is 1. The Morgan fingerprint density at radius 2 is 1.62 bits per heavy atom. The Hall–Kier alpha value is -3.94. The first-order valence-corrected chi connectivity index (χ1v) is 10.2. The summed E-state index contributed by atoms with van der Waals surface area (Å²) in [6, 6.07) is 18.9. The molecule has 0 atom stereocenters. The van der Waals surface area contributed by atoms with E-state index < -0.39 is 17.1 Å². The molecule has 2 aromatic heterocycles. The van der Waals surface area contributed by atoms with Crippen LogP contribution in [0.4, 0.5) is 0 Å². The molecule has 0 bridgehead atoms. The number of benzene rings is 2. The number of nitrogens with zero attached hydrogens (tertiary/aromatic N) is 4. The first kappa shape index (κ1) is 21.3. The minimum absolute atomic E-state index is 0.0251. The predicted octanol–water partition coefficient (Wildman–Crippen LogP) is 3.60. The van der Waals surface area contributed by atoms with E-state index in [0.29, 0.717) is 16.7 Å². The summed E-state index contributed by atoms with van der Waals surface area (Å²) in [5.41, 5.74) is 1.26. The molecule has 0 spiro atoms. The van der Waals surface area contributed by atoms with E-state index in [-0.39, 0.29) is 12.6 Å². The van der Waals surface area contributed by atoms with Crippen molar-refractivity contribution in [3.8, 4) is 23.0 Å². The predicted molar refractivity (Wildman–Crippen MR) is 121 cm³/mol. The molecule has 8 nitrogen and oxygen atoms in total. The minimum atomic E-state index is -0.648. The topological polar surface area (TPSA) is 88.2 Å². The Labute approximate surface area is 185 Å². The zero-order valence-electron chi connectivity index (χ0n) is 18.4. The first-order valence-electron chi connectivity index (χ1n) is 10.2. The molecule has 2 heterocycles. The van der Waals surface area contributed by atoms with Crippen molar-refractivity contribution < 1.29 is 14.3 Å². The summed E-state index contributed by atoms with van der Waals surface area (Å²) >= 11 is 0. The number of aromatic nitrogens is 4. The number of fused-ring (bicyclic) bond motifs is 1. The molecule has 164 valence electrons. The minimum Gasteiger partial charge on any atom is -0.468 e. The lowest BCUT2D eigenvalue weighted by atomic mass is 10.1. The van der Waals surface area contributed by atoms with Crippen molar-refractivity contribution in [1.82, 2.24) is 19.3 Å². The summed E-state index contributed by atoms with van der Waals surface area (Å²) in [5, 5.41) is 5.03. The summed E-state index contributed by atoms with van der Waals surface area (Å²) < 4.78 is 13.6. The third-order valence-corrected chi connectivity index (χ3v) is 4.71. The van der Waals surface area contributed by atoms with Gasteiger partial charge in [0.2, 0.25) is 0 Å². The van der Waals surface area contributed by atoms with Gasteiger partial charge in [-0.05, 0) is 32.9 Å². The Kier molecular flexibility index (Phi) is 5.52. The quantitative estimate of drug-likeness (QED) is 0.448. The monoisotopic (exact) mass is 432 g/mol. The molecule has 0 fully saturated rings. The molecule has 0 amide bonds. The smallest absolute Gasteiger partial charge is 0.325 e. The molecule has 0 saturated heterocycles.